The smallest absolute Gasteiger partial charge is 0.310 e. The van der Waals surface area contributed by atoms with Crippen molar-refractivity contribution in [2.75, 3.05) is 5.32 Å². The molecular formula is C13H20N4O3. The molecule has 1 aromatic heterocycles. The van der Waals surface area contributed by atoms with Gasteiger partial charge < -0.3 is 5.11 Å². The molecule has 20 heavy (non-hydrogen) atoms. The van der Waals surface area contributed by atoms with Gasteiger partial charge in [0, 0.05) is 6.42 Å². The minimum absolute atomic E-state index is 0.101. The second kappa shape index (κ2) is 6.40. The second-order valence-corrected chi connectivity index (χ2v) is 4.82. The zero-order valence-electron chi connectivity index (χ0n) is 12.2. The first-order valence-corrected chi connectivity index (χ1v) is 6.55. The SMILES string of the molecule is CCC(CC)(CC(=O)Nc1nnc(C)c(C)n1)C(=O)O. The van der Waals surface area contributed by atoms with E-state index in [1.807, 2.05) is 0 Å². The first-order valence-electron chi connectivity index (χ1n) is 6.55. The van der Waals surface area contributed by atoms with Gasteiger partial charge in [-0.25, -0.2) is 4.98 Å². The van der Waals surface area contributed by atoms with Gasteiger partial charge >= 0.3 is 5.97 Å². The molecule has 0 unspecified atom stereocenters. The number of carboxylic acids is 1. The Morgan fingerprint density at radius 1 is 1.15 bits per heavy atom. The van der Waals surface area contributed by atoms with E-state index in [0.717, 1.165) is 0 Å². The van der Waals surface area contributed by atoms with Crippen molar-refractivity contribution >= 4 is 17.8 Å². The third kappa shape index (κ3) is 3.49. The highest BCUT2D eigenvalue weighted by Gasteiger charge is 2.37. The summed E-state index contributed by atoms with van der Waals surface area (Å²) in [5, 5.41) is 19.4. The van der Waals surface area contributed by atoms with E-state index in [1.165, 1.54) is 0 Å². The first kappa shape index (κ1) is 16.0. The minimum atomic E-state index is -1.04. The lowest BCUT2D eigenvalue weighted by Gasteiger charge is -2.25. The van der Waals surface area contributed by atoms with Gasteiger partial charge in [0.05, 0.1) is 16.8 Å². The average Bonchev–Trinajstić information content (AvgIpc) is 2.40. The summed E-state index contributed by atoms with van der Waals surface area (Å²) in [6.07, 6.45) is 0.669. The molecule has 0 saturated heterocycles. The summed E-state index contributed by atoms with van der Waals surface area (Å²) in [6, 6.07) is 0. The van der Waals surface area contributed by atoms with Gasteiger partial charge in [0.15, 0.2) is 0 Å². The molecule has 1 amide bonds. The number of rotatable bonds is 6. The molecule has 0 radical (unpaired) electrons. The van der Waals surface area contributed by atoms with E-state index >= 15 is 0 Å². The predicted molar refractivity (Wildman–Crippen MR) is 73.2 cm³/mol. The Morgan fingerprint density at radius 3 is 2.20 bits per heavy atom. The molecule has 0 spiro atoms. The van der Waals surface area contributed by atoms with Crippen LogP contribution in [-0.4, -0.2) is 32.2 Å². The Bertz CT molecular complexity index is 512. The second-order valence-electron chi connectivity index (χ2n) is 4.82. The fourth-order valence-corrected chi connectivity index (χ4v) is 1.86. The molecule has 7 nitrogen and oxygen atoms in total. The van der Waals surface area contributed by atoms with E-state index in [2.05, 4.69) is 20.5 Å². The standard InChI is InChI=1S/C13H20N4O3/c1-5-13(6-2,11(19)20)7-10(18)15-12-14-8(3)9(4)16-17-12/h5-7H2,1-4H3,(H,19,20)(H,14,15,17,18). The van der Waals surface area contributed by atoms with E-state index < -0.39 is 17.3 Å². The van der Waals surface area contributed by atoms with Crippen LogP contribution in [0.5, 0.6) is 0 Å². The van der Waals surface area contributed by atoms with Crippen LogP contribution in [0.1, 0.15) is 44.5 Å². The lowest BCUT2D eigenvalue weighted by molar-refractivity contribution is -0.151. The van der Waals surface area contributed by atoms with E-state index in [4.69, 9.17) is 0 Å². The summed E-state index contributed by atoms with van der Waals surface area (Å²) in [6.45, 7) is 7.06. The summed E-state index contributed by atoms with van der Waals surface area (Å²) < 4.78 is 0. The van der Waals surface area contributed by atoms with Gasteiger partial charge in [-0.3, -0.25) is 14.9 Å². The molecule has 0 bridgehead atoms. The number of anilines is 1. The normalized spacial score (nSPS) is 11.2. The maximum absolute atomic E-state index is 12.0. The van der Waals surface area contributed by atoms with Gasteiger partial charge in [-0.1, -0.05) is 13.8 Å². The molecule has 0 saturated carbocycles. The quantitative estimate of drug-likeness (QED) is 0.821. The van der Waals surface area contributed by atoms with Crippen LogP contribution in [0.3, 0.4) is 0 Å². The lowest BCUT2D eigenvalue weighted by atomic mass is 9.79. The molecule has 110 valence electrons. The number of aryl methyl sites for hydroxylation is 2. The molecular weight excluding hydrogens is 260 g/mol. The van der Waals surface area contributed by atoms with Crippen molar-refractivity contribution < 1.29 is 14.7 Å². The highest BCUT2D eigenvalue weighted by Crippen LogP contribution is 2.31. The molecule has 0 aliphatic heterocycles. The van der Waals surface area contributed by atoms with Crippen LogP contribution in [0, 0.1) is 19.3 Å². The van der Waals surface area contributed by atoms with Gasteiger partial charge in [-0.05, 0) is 26.7 Å². The Morgan fingerprint density at radius 2 is 1.75 bits per heavy atom. The Balaban J connectivity index is 2.80. The maximum Gasteiger partial charge on any atom is 0.310 e. The molecule has 0 atom stereocenters. The van der Waals surface area contributed by atoms with Crippen molar-refractivity contribution in [3.05, 3.63) is 11.4 Å². The van der Waals surface area contributed by atoms with Crippen molar-refractivity contribution in [2.24, 2.45) is 5.41 Å². The molecule has 1 rings (SSSR count). The number of carboxylic acid groups (broad SMARTS) is 1. The van der Waals surface area contributed by atoms with Gasteiger partial charge in [-0.15, -0.1) is 5.10 Å². The van der Waals surface area contributed by atoms with E-state index in [9.17, 15) is 14.7 Å². The summed E-state index contributed by atoms with van der Waals surface area (Å²) >= 11 is 0. The Kier molecular flexibility index (Phi) is 5.12. The average molecular weight is 280 g/mol. The van der Waals surface area contributed by atoms with Crippen LogP contribution in [0.4, 0.5) is 5.95 Å². The van der Waals surface area contributed by atoms with Crippen molar-refractivity contribution in [3.63, 3.8) is 0 Å². The van der Waals surface area contributed by atoms with Crippen LogP contribution in [-0.2, 0) is 9.59 Å². The van der Waals surface area contributed by atoms with Crippen LogP contribution < -0.4 is 5.32 Å². The summed E-state index contributed by atoms with van der Waals surface area (Å²) in [5.41, 5.74) is 0.313. The number of amides is 1. The van der Waals surface area contributed by atoms with Crippen LogP contribution >= 0.6 is 0 Å². The number of hydrogen-bond acceptors (Lipinski definition) is 5. The summed E-state index contributed by atoms with van der Waals surface area (Å²) in [7, 11) is 0. The first-order chi connectivity index (χ1) is 9.34. The molecule has 1 heterocycles. The number of carbonyl (C=O) groups excluding carboxylic acids is 1. The fourth-order valence-electron chi connectivity index (χ4n) is 1.86. The largest absolute Gasteiger partial charge is 0.481 e. The lowest BCUT2D eigenvalue weighted by Crippen LogP contribution is -2.34. The van der Waals surface area contributed by atoms with Gasteiger partial charge in [0.2, 0.25) is 11.9 Å². The minimum Gasteiger partial charge on any atom is -0.481 e. The highest BCUT2D eigenvalue weighted by molar-refractivity contribution is 5.92. The van der Waals surface area contributed by atoms with Crippen molar-refractivity contribution in [2.45, 2.75) is 47.0 Å². The number of nitrogens with one attached hydrogen (secondary N) is 1. The van der Waals surface area contributed by atoms with Crippen LogP contribution in [0.15, 0.2) is 0 Å². The number of carbonyl (C=O) groups is 2. The molecule has 0 aromatic carbocycles. The van der Waals surface area contributed by atoms with Crippen molar-refractivity contribution in [3.8, 4) is 0 Å². The Labute approximate surface area is 117 Å². The fraction of sp³-hybridized carbons (Fsp3) is 0.615. The van der Waals surface area contributed by atoms with E-state index in [1.54, 1.807) is 27.7 Å². The molecule has 7 heteroatoms. The predicted octanol–water partition coefficient (Wildman–Crippen LogP) is 1.71. The van der Waals surface area contributed by atoms with E-state index in [0.29, 0.717) is 24.2 Å². The molecule has 0 aliphatic rings. The summed E-state index contributed by atoms with van der Waals surface area (Å²) in [4.78, 5) is 27.4. The number of aromatic nitrogens is 3. The third-order valence-corrected chi connectivity index (χ3v) is 3.65. The number of nitrogens with zero attached hydrogens (tertiary/aromatic N) is 3. The Hall–Kier alpha value is -2.05. The molecule has 0 fully saturated rings. The highest BCUT2D eigenvalue weighted by atomic mass is 16.4. The van der Waals surface area contributed by atoms with E-state index in [-0.39, 0.29) is 12.4 Å². The summed E-state index contributed by atoms with van der Waals surface area (Å²) in [5.74, 6) is -1.28. The maximum atomic E-state index is 12.0. The van der Waals surface area contributed by atoms with Gasteiger partial charge in [0.25, 0.3) is 0 Å². The number of aliphatic carboxylic acids is 1. The topological polar surface area (TPSA) is 105 Å². The molecule has 0 aliphatic carbocycles. The van der Waals surface area contributed by atoms with Gasteiger partial charge in [0.1, 0.15) is 0 Å². The van der Waals surface area contributed by atoms with Gasteiger partial charge in [-0.2, -0.15) is 5.10 Å². The van der Waals surface area contributed by atoms with Crippen LogP contribution in [0.2, 0.25) is 0 Å². The zero-order chi connectivity index (χ0) is 15.3. The van der Waals surface area contributed by atoms with Crippen molar-refractivity contribution in [1.82, 2.24) is 15.2 Å². The third-order valence-electron chi connectivity index (χ3n) is 3.65. The van der Waals surface area contributed by atoms with Crippen molar-refractivity contribution in [1.29, 1.82) is 0 Å². The zero-order valence-corrected chi connectivity index (χ0v) is 12.2. The molecule has 2 N–H and O–H groups in total. The monoisotopic (exact) mass is 280 g/mol. The molecule has 1 aromatic rings. The van der Waals surface area contributed by atoms with Crippen LogP contribution in [0.25, 0.3) is 0 Å². The number of hydrogen-bond donors (Lipinski definition) is 2.